The van der Waals surface area contributed by atoms with Gasteiger partial charge in [0.05, 0.1) is 11.9 Å². The van der Waals surface area contributed by atoms with E-state index in [4.69, 9.17) is 13.2 Å². The number of benzene rings is 1. The third-order valence-electron chi connectivity index (χ3n) is 2.56. The molecule has 0 atom stereocenters. The first kappa shape index (κ1) is 17.8. The maximum Gasteiger partial charge on any atom is 0.335 e. The van der Waals surface area contributed by atoms with Gasteiger partial charge in [0.15, 0.2) is 17.3 Å². The van der Waals surface area contributed by atoms with Gasteiger partial charge in [-0.25, -0.2) is 18.7 Å². The average Bonchev–Trinajstić information content (AvgIpc) is 2.44. The second kappa shape index (κ2) is 8.28. The van der Waals surface area contributed by atoms with Crippen molar-refractivity contribution >= 4 is 11.6 Å². The van der Waals surface area contributed by atoms with E-state index < -0.39 is 23.2 Å². The number of hydrogen-bond acceptors (Lipinski definition) is 5. The smallest absolute Gasteiger partial charge is 0.335 e. The van der Waals surface area contributed by atoms with Crippen LogP contribution in [0.25, 0.3) is 0 Å². The number of nitrogens with zero attached hydrogens (tertiary/aromatic N) is 2. The molecule has 0 fully saturated rings. The highest BCUT2D eigenvalue weighted by Crippen LogP contribution is 2.30. The number of hydrogen-bond donors (Lipinski definition) is 0. The van der Waals surface area contributed by atoms with Crippen LogP contribution in [0.2, 0.25) is 0 Å². The van der Waals surface area contributed by atoms with Crippen LogP contribution in [0.5, 0.6) is 11.5 Å². The zero-order valence-electron chi connectivity index (χ0n) is 12.2. The molecule has 0 aliphatic rings. The van der Waals surface area contributed by atoms with Crippen molar-refractivity contribution in [2.24, 2.45) is 0 Å². The predicted molar refractivity (Wildman–Crippen MR) is 76.2 cm³/mol. The van der Waals surface area contributed by atoms with E-state index in [1.54, 1.807) is 6.92 Å². The van der Waals surface area contributed by atoms with Crippen LogP contribution in [0.1, 0.15) is 31.3 Å². The van der Waals surface area contributed by atoms with Gasteiger partial charge < -0.3 is 4.74 Å². The molecular weight excluding hydrogens is 314 g/mol. The molecule has 118 valence electrons. The summed E-state index contributed by atoms with van der Waals surface area (Å²) in [6.07, 6.45) is 1.50. The highest BCUT2D eigenvalue weighted by Gasteiger charge is 2.14. The fourth-order valence-electron chi connectivity index (χ4n) is 1.65. The molecule has 0 spiro atoms. The first-order valence-corrected chi connectivity index (χ1v) is 6.94. The highest BCUT2D eigenvalue weighted by atomic mass is 32.1. The van der Waals surface area contributed by atoms with Crippen molar-refractivity contribution in [2.75, 3.05) is 0 Å². The van der Waals surface area contributed by atoms with Gasteiger partial charge >= 0.3 is 11.6 Å². The summed E-state index contributed by atoms with van der Waals surface area (Å²) in [5.74, 6) is -0.331. The summed E-state index contributed by atoms with van der Waals surface area (Å²) in [7, 11) is 0. The standard InChI is InChI=1S/C14H14F2N2O.O2S/c1-8(2)14-13(7-17-9(3)18-14)19-12-5-4-10(15)6-11(12)16;1-3-2/h4-8H,1-3H3;. The van der Waals surface area contributed by atoms with Crippen LogP contribution in [0.3, 0.4) is 0 Å². The fourth-order valence-corrected chi connectivity index (χ4v) is 1.65. The molecule has 1 aromatic heterocycles. The summed E-state index contributed by atoms with van der Waals surface area (Å²) in [5, 5.41) is 0. The zero-order chi connectivity index (χ0) is 16.7. The monoisotopic (exact) mass is 328 g/mol. The summed E-state index contributed by atoms with van der Waals surface area (Å²) in [5.41, 5.74) is 0.691. The average molecular weight is 328 g/mol. The SMILES string of the molecule is Cc1ncc(Oc2ccc(F)cc2F)c(C(C)C)n1.O=S=O. The molecule has 8 heteroatoms. The van der Waals surface area contributed by atoms with Crippen molar-refractivity contribution in [1.82, 2.24) is 9.97 Å². The van der Waals surface area contributed by atoms with Gasteiger partial charge in [-0.3, -0.25) is 0 Å². The third-order valence-corrected chi connectivity index (χ3v) is 2.56. The lowest BCUT2D eigenvalue weighted by Crippen LogP contribution is -2.02. The van der Waals surface area contributed by atoms with Gasteiger partial charge in [-0.2, -0.15) is 8.42 Å². The van der Waals surface area contributed by atoms with Gasteiger partial charge in [-0.1, -0.05) is 13.8 Å². The van der Waals surface area contributed by atoms with E-state index in [0.717, 1.165) is 12.1 Å². The molecule has 0 saturated heterocycles. The molecule has 0 saturated carbocycles. The van der Waals surface area contributed by atoms with E-state index in [1.807, 2.05) is 13.8 Å². The normalized spacial score (nSPS) is 9.91. The van der Waals surface area contributed by atoms with Crippen molar-refractivity contribution in [3.8, 4) is 11.5 Å². The Morgan fingerprint density at radius 1 is 1.18 bits per heavy atom. The Balaban J connectivity index is 0.000000745. The lowest BCUT2D eigenvalue weighted by Gasteiger charge is -2.13. The Bertz CT molecular complexity index is 690. The molecule has 0 unspecified atom stereocenters. The largest absolute Gasteiger partial charge is 0.451 e. The van der Waals surface area contributed by atoms with Crippen molar-refractivity contribution in [1.29, 1.82) is 0 Å². The molecule has 1 aromatic carbocycles. The molecule has 0 amide bonds. The molecule has 2 rings (SSSR count). The molecule has 5 nitrogen and oxygen atoms in total. The second-order valence-electron chi connectivity index (χ2n) is 4.57. The summed E-state index contributed by atoms with van der Waals surface area (Å²) < 4.78 is 48.4. The van der Waals surface area contributed by atoms with Crippen LogP contribution in [-0.4, -0.2) is 18.4 Å². The Morgan fingerprint density at radius 2 is 1.82 bits per heavy atom. The van der Waals surface area contributed by atoms with Crippen LogP contribution in [0.15, 0.2) is 24.4 Å². The number of aryl methyl sites for hydroxylation is 1. The van der Waals surface area contributed by atoms with Crippen LogP contribution in [0, 0.1) is 18.6 Å². The lowest BCUT2D eigenvalue weighted by atomic mass is 10.1. The van der Waals surface area contributed by atoms with E-state index in [1.165, 1.54) is 12.3 Å². The second-order valence-corrected chi connectivity index (χ2v) is 4.70. The summed E-state index contributed by atoms with van der Waals surface area (Å²) in [6.45, 7) is 5.68. The molecule has 2 aromatic rings. The first-order chi connectivity index (χ1) is 10.4. The topological polar surface area (TPSA) is 69.2 Å². The van der Waals surface area contributed by atoms with Gasteiger partial charge in [0.25, 0.3) is 0 Å². The van der Waals surface area contributed by atoms with Crippen LogP contribution in [0.4, 0.5) is 8.78 Å². The number of ether oxygens (including phenoxy) is 1. The maximum atomic E-state index is 13.5. The molecule has 0 aliphatic heterocycles. The molecule has 0 bridgehead atoms. The van der Waals surface area contributed by atoms with Gasteiger partial charge in [-0.05, 0) is 25.0 Å². The third kappa shape index (κ3) is 4.96. The van der Waals surface area contributed by atoms with E-state index >= 15 is 0 Å². The first-order valence-electron chi connectivity index (χ1n) is 6.27. The van der Waals surface area contributed by atoms with Crippen LogP contribution in [-0.2, 0) is 11.6 Å². The minimum Gasteiger partial charge on any atom is -0.451 e. The number of halogens is 2. The van der Waals surface area contributed by atoms with Crippen molar-refractivity contribution in [3.05, 3.63) is 47.5 Å². The van der Waals surface area contributed by atoms with Crippen molar-refractivity contribution in [2.45, 2.75) is 26.7 Å². The molecule has 22 heavy (non-hydrogen) atoms. The van der Waals surface area contributed by atoms with Gasteiger partial charge in [-0.15, -0.1) is 0 Å². The zero-order valence-corrected chi connectivity index (χ0v) is 13.0. The Kier molecular flexibility index (Phi) is 6.71. The van der Waals surface area contributed by atoms with Crippen LogP contribution < -0.4 is 4.74 Å². The fraction of sp³-hybridized carbons (Fsp3) is 0.286. The van der Waals surface area contributed by atoms with Gasteiger partial charge in [0.2, 0.25) is 0 Å². The maximum absolute atomic E-state index is 13.5. The van der Waals surface area contributed by atoms with Gasteiger partial charge in [0, 0.05) is 6.07 Å². The molecular formula is C14H14F2N2O3S. The summed E-state index contributed by atoms with van der Waals surface area (Å²) in [4.78, 5) is 8.32. The van der Waals surface area contributed by atoms with Crippen molar-refractivity contribution < 1.29 is 21.9 Å². The minimum absolute atomic E-state index is 0.0456. The predicted octanol–water partition coefficient (Wildman–Crippen LogP) is 3.31. The van der Waals surface area contributed by atoms with E-state index in [9.17, 15) is 8.78 Å². The summed E-state index contributed by atoms with van der Waals surface area (Å²) in [6, 6.07) is 3.16. The lowest BCUT2D eigenvalue weighted by molar-refractivity contribution is 0.426. The Hall–Kier alpha value is -2.22. The molecule has 0 N–H and O–H groups in total. The molecule has 0 radical (unpaired) electrons. The highest BCUT2D eigenvalue weighted by molar-refractivity contribution is 7.51. The summed E-state index contributed by atoms with van der Waals surface area (Å²) >= 11 is -0.750. The molecule has 0 aliphatic carbocycles. The van der Waals surface area contributed by atoms with E-state index in [0.29, 0.717) is 17.3 Å². The van der Waals surface area contributed by atoms with Gasteiger partial charge in [0.1, 0.15) is 11.6 Å². The Labute approximate surface area is 130 Å². The van der Waals surface area contributed by atoms with Crippen molar-refractivity contribution in [3.63, 3.8) is 0 Å². The van der Waals surface area contributed by atoms with Crippen LogP contribution >= 0.6 is 0 Å². The minimum atomic E-state index is -0.754. The number of aromatic nitrogens is 2. The number of rotatable bonds is 3. The quantitative estimate of drug-likeness (QED) is 0.864. The van der Waals surface area contributed by atoms with E-state index in [2.05, 4.69) is 9.97 Å². The Morgan fingerprint density at radius 3 is 2.36 bits per heavy atom. The van der Waals surface area contributed by atoms with E-state index in [-0.39, 0.29) is 11.7 Å². The molecule has 1 heterocycles.